The van der Waals surface area contributed by atoms with Crippen molar-refractivity contribution in [2.45, 2.75) is 26.1 Å². The zero-order valence-corrected chi connectivity index (χ0v) is 22.5. The summed E-state index contributed by atoms with van der Waals surface area (Å²) in [5.41, 5.74) is 3.81. The minimum Gasteiger partial charge on any atom is -0.507 e. The Labute approximate surface area is 236 Å². The topological polar surface area (TPSA) is 79.7 Å². The van der Waals surface area contributed by atoms with E-state index in [1.165, 1.54) is 4.90 Å². The number of carbonyl (C=O) groups is 2. The van der Waals surface area contributed by atoms with Crippen molar-refractivity contribution in [3.63, 3.8) is 0 Å². The molecule has 2 heterocycles. The maximum absolute atomic E-state index is 13.3. The highest BCUT2D eigenvalue weighted by atomic mass is 35.5. The second-order valence-electron chi connectivity index (χ2n) is 9.26. The van der Waals surface area contributed by atoms with Crippen LogP contribution in [0.4, 0.5) is 0 Å². The molecule has 0 saturated carbocycles. The molecule has 1 unspecified atom stereocenters. The molecule has 0 bridgehead atoms. The average Bonchev–Trinajstić information content (AvgIpc) is 3.19. The van der Waals surface area contributed by atoms with Gasteiger partial charge in [0.05, 0.1) is 21.7 Å². The Morgan fingerprint density at radius 2 is 1.72 bits per heavy atom. The molecule has 5 rings (SSSR count). The summed E-state index contributed by atoms with van der Waals surface area (Å²) < 4.78 is 5.88. The zero-order valence-electron chi connectivity index (χ0n) is 21.0. The molecule has 0 spiro atoms. The minimum atomic E-state index is -0.878. The van der Waals surface area contributed by atoms with Gasteiger partial charge in [0, 0.05) is 24.5 Å². The predicted octanol–water partition coefficient (Wildman–Crippen LogP) is 6.90. The fourth-order valence-electron chi connectivity index (χ4n) is 4.59. The first kappa shape index (κ1) is 26.5. The lowest BCUT2D eigenvalue weighted by Gasteiger charge is -2.25. The summed E-state index contributed by atoms with van der Waals surface area (Å²) in [7, 11) is 0. The van der Waals surface area contributed by atoms with Crippen molar-refractivity contribution in [1.29, 1.82) is 0 Å². The molecule has 39 heavy (non-hydrogen) atoms. The molecule has 1 atom stereocenters. The number of nitrogens with zero attached hydrogens (tertiary/aromatic N) is 2. The number of aromatic nitrogens is 1. The fourth-order valence-corrected chi connectivity index (χ4v) is 4.90. The molecule has 4 aromatic rings. The molecule has 3 aromatic carbocycles. The van der Waals surface area contributed by atoms with E-state index >= 15 is 0 Å². The van der Waals surface area contributed by atoms with E-state index in [1.807, 2.05) is 37.3 Å². The molecule has 1 amide bonds. The Morgan fingerprint density at radius 3 is 2.41 bits per heavy atom. The van der Waals surface area contributed by atoms with Gasteiger partial charge in [-0.25, -0.2) is 0 Å². The molecule has 1 fully saturated rings. The van der Waals surface area contributed by atoms with E-state index in [0.717, 1.165) is 16.7 Å². The van der Waals surface area contributed by atoms with E-state index in [1.54, 1.807) is 60.9 Å². The van der Waals surface area contributed by atoms with Crippen LogP contribution in [0.25, 0.3) is 5.76 Å². The zero-order chi connectivity index (χ0) is 27.5. The number of likely N-dealkylation sites (tertiary alicyclic amines) is 1. The molecule has 6 nitrogen and oxygen atoms in total. The highest BCUT2D eigenvalue weighted by Crippen LogP contribution is 2.41. The number of ketones is 1. The number of ether oxygens (including phenoxy) is 1. The third-order valence-corrected chi connectivity index (χ3v) is 7.23. The second-order valence-corrected chi connectivity index (χ2v) is 10.1. The molecular formula is C31H24Cl2N2O4. The van der Waals surface area contributed by atoms with Crippen molar-refractivity contribution < 1.29 is 19.4 Å². The van der Waals surface area contributed by atoms with Crippen molar-refractivity contribution in [3.8, 4) is 5.75 Å². The number of halogens is 2. The smallest absolute Gasteiger partial charge is 0.295 e. The third kappa shape index (κ3) is 5.67. The number of Topliss-reactive ketones (excluding diaryl/α,β-unsaturated/α-hetero) is 1. The highest BCUT2D eigenvalue weighted by Gasteiger charge is 2.46. The molecule has 0 aliphatic carbocycles. The number of amides is 1. The van der Waals surface area contributed by atoms with Crippen LogP contribution in [0.2, 0.25) is 10.0 Å². The summed E-state index contributed by atoms with van der Waals surface area (Å²) in [4.78, 5) is 32.0. The summed E-state index contributed by atoms with van der Waals surface area (Å²) >= 11 is 12.4. The van der Waals surface area contributed by atoms with E-state index in [2.05, 4.69) is 4.98 Å². The number of hydrogen-bond donors (Lipinski definition) is 1. The highest BCUT2D eigenvalue weighted by molar-refractivity contribution is 6.46. The van der Waals surface area contributed by atoms with Gasteiger partial charge in [0.2, 0.25) is 0 Å². The van der Waals surface area contributed by atoms with Crippen LogP contribution in [-0.2, 0) is 22.7 Å². The number of aliphatic hydroxyl groups is 1. The predicted molar refractivity (Wildman–Crippen MR) is 150 cm³/mol. The van der Waals surface area contributed by atoms with Crippen LogP contribution in [0.1, 0.15) is 33.9 Å². The van der Waals surface area contributed by atoms with Crippen molar-refractivity contribution >= 4 is 40.7 Å². The first-order valence-electron chi connectivity index (χ1n) is 12.2. The van der Waals surface area contributed by atoms with Crippen molar-refractivity contribution in [1.82, 2.24) is 9.88 Å². The minimum absolute atomic E-state index is 0.0318. The molecule has 196 valence electrons. The van der Waals surface area contributed by atoms with Crippen LogP contribution in [0.3, 0.4) is 0 Å². The van der Waals surface area contributed by atoms with Crippen LogP contribution in [-0.4, -0.2) is 26.7 Å². The molecule has 0 radical (unpaired) electrons. The van der Waals surface area contributed by atoms with Crippen LogP contribution in [0.5, 0.6) is 5.75 Å². The van der Waals surface area contributed by atoms with Gasteiger partial charge in [-0.15, -0.1) is 0 Å². The third-order valence-electron chi connectivity index (χ3n) is 6.49. The van der Waals surface area contributed by atoms with Crippen LogP contribution >= 0.6 is 23.2 Å². The normalized spacial score (nSPS) is 16.5. The first-order valence-corrected chi connectivity index (χ1v) is 13.0. The summed E-state index contributed by atoms with van der Waals surface area (Å²) in [5.74, 6) is -1.20. The molecule has 1 N–H and O–H groups in total. The maximum atomic E-state index is 13.3. The monoisotopic (exact) mass is 558 g/mol. The van der Waals surface area contributed by atoms with Gasteiger partial charge in [0.25, 0.3) is 11.7 Å². The van der Waals surface area contributed by atoms with Gasteiger partial charge in [0.1, 0.15) is 18.1 Å². The van der Waals surface area contributed by atoms with E-state index in [9.17, 15) is 14.7 Å². The van der Waals surface area contributed by atoms with Gasteiger partial charge in [0.15, 0.2) is 0 Å². The van der Waals surface area contributed by atoms with Crippen molar-refractivity contribution in [3.05, 3.63) is 135 Å². The summed E-state index contributed by atoms with van der Waals surface area (Å²) in [6, 6.07) is 22.3. The Balaban J connectivity index is 1.49. The van der Waals surface area contributed by atoms with Crippen LogP contribution in [0.15, 0.2) is 96.8 Å². The molecule has 1 aromatic heterocycles. The SMILES string of the molecule is Cc1cccc(COc2ccc(C(O)=C3C(=O)C(=O)N(Cc4cccnc4)C3c3ccc(Cl)c(Cl)c3)cc2)c1. The van der Waals surface area contributed by atoms with E-state index in [-0.39, 0.29) is 22.9 Å². The Morgan fingerprint density at radius 1 is 0.949 bits per heavy atom. The van der Waals surface area contributed by atoms with Crippen LogP contribution in [0, 0.1) is 6.92 Å². The Hall–Kier alpha value is -4.13. The van der Waals surface area contributed by atoms with Gasteiger partial charge in [-0.3, -0.25) is 14.6 Å². The lowest BCUT2D eigenvalue weighted by molar-refractivity contribution is -0.140. The summed E-state index contributed by atoms with van der Waals surface area (Å²) in [6.45, 7) is 2.53. The molecule has 1 aliphatic rings. The van der Waals surface area contributed by atoms with E-state index in [0.29, 0.717) is 28.5 Å². The lowest BCUT2D eigenvalue weighted by atomic mass is 9.95. The number of carbonyl (C=O) groups excluding carboxylic acids is 2. The molecule has 1 saturated heterocycles. The molecule has 1 aliphatic heterocycles. The lowest BCUT2D eigenvalue weighted by Crippen LogP contribution is -2.29. The Kier molecular flexibility index (Phi) is 7.68. The van der Waals surface area contributed by atoms with E-state index < -0.39 is 17.7 Å². The van der Waals surface area contributed by atoms with Crippen molar-refractivity contribution in [2.75, 3.05) is 0 Å². The standard InChI is InChI=1S/C31H24Cl2N2O4/c1-19-4-2-5-20(14-19)18-39-24-10-7-22(8-11-24)29(36)27-28(23-9-12-25(32)26(33)15-23)35(31(38)30(27)37)17-21-6-3-13-34-16-21/h2-16,28,36H,17-18H2,1H3. The van der Waals surface area contributed by atoms with Crippen LogP contribution < -0.4 is 4.74 Å². The van der Waals surface area contributed by atoms with Crippen molar-refractivity contribution in [2.24, 2.45) is 0 Å². The maximum Gasteiger partial charge on any atom is 0.295 e. The number of benzene rings is 3. The fraction of sp³-hybridized carbons (Fsp3) is 0.129. The number of pyridine rings is 1. The quantitative estimate of drug-likeness (QED) is 0.151. The van der Waals surface area contributed by atoms with Gasteiger partial charge < -0.3 is 14.7 Å². The number of hydrogen-bond acceptors (Lipinski definition) is 5. The molecule has 8 heteroatoms. The largest absolute Gasteiger partial charge is 0.507 e. The Bertz CT molecular complexity index is 1570. The van der Waals surface area contributed by atoms with Gasteiger partial charge in [-0.2, -0.15) is 0 Å². The number of aryl methyl sites for hydroxylation is 1. The number of rotatable bonds is 7. The van der Waals surface area contributed by atoms with Gasteiger partial charge in [-0.1, -0.05) is 65.2 Å². The first-order chi connectivity index (χ1) is 18.8. The molecular weight excluding hydrogens is 535 g/mol. The van der Waals surface area contributed by atoms with E-state index in [4.69, 9.17) is 27.9 Å². The summed E-state index contributed by atoms with van der Waals surface area (Å²) in [5, 5.41) is 12.0. The van der Waals surface area contributed by atoms with Gasteiger partial charge >= 0.3 is 0 Å². The average molecular weight is 559 g/mol. The van der Waals surface area contributed by atoms with Gasteiger partial charge in [-0.05, 0) is 66.1 Å². The number of aliphatic hydroxyl groups excluding tert-OH is 1. The summed E-state index contributed by atoms with van der Waals surface area (Å²) in [6.07, 6.45) is 3.25. The second kappa shape index (κ2) is 11.3.